The molecule has 1 aliphatic rings. The van der Waals surface area contributed by atoms with Crippen LogP contribution in [0.25, 0.3) is 0 Å². The monoisotopic (exact) mass is 207 g/mol. The van der Waals surface area contributed by atoms with Crippen LogP contribution in [0.4, 0.5) is 0 Å². The molecule has 4 nitrogen and oxygen atoms in total. The number of benzene rings is 1. The fraction of sp³-hybridized carbons (Fsp3) is 0.364. The average molecular weight is 207 g/mol. The van der Waals surface area contributed by atoms with Crippen molar-refractivity contribution in [2.24, 2.45) is 0 Å². The van der Waals surface area contributed by atoms with Gasteiger partial charge in [0.05, 0.1) is 6.42 Å². The van der Waals surface area contributed by atoms with Crippen molar-refractivity contribution in [3.63, 3.8) is 0 Å². The van der Waals surface area contributed by atoms with E-state index in [1.54, 1.807) is 0 Å². The molecule has 0 unspecified atom stereocenters. The van der Waals surface area contributed by atoms with E-state index in [-0.39, 0.29) is 5.91 Å². The average Bonchev–Trinajstić information content (AvgIpc) is 2.27. The molecule has 4 heteroatoms. The van der Waals surface area contributed by atoms with Gasteiger partial charge in [0.2, 0.25) is 5.91 Å². The molecule has 1 heterocycles. The van der Waals surface area contributed by atoms with Gasteiger partial charge in [0.25, 0.3) is 5.91 Å². The van der Waals surface area contributed by atoms with Gasteiger partial charge in [0, 0.05) is 19.8 Å². The number of rotatable bonds is 2. The van der Waals surface area contributed by atoms with E-state index >= 15 is 0 Å². The third kappa shape index (κ3) is 1.52. The van der Waals surface area contributed by atoms with E-state index in [1.807, 2.05) is 24.3 Å². The van der Waals surface area contributed by atoms with Crippen molar-refractivity contribution in [2.45, 2.75) is 12.3 Å². The number of fused-ring (bicyclic) bond motifs is 1. The molecule has 1 aromatic rings. The minimum Gasteiger partial charge on any atom is -0.332 e. The molecule has 0 fully saturated rings. The zero-order chi connectivity index (χ0) is 10.9. The Labute approximate surface area is 88.2 Å². The quantitative estimate of drug-likeness (QED) is 0.728. The third-order valence-electron chi connectivity index (χ3n) is 2.60. The van der Waals surface area contributed by atoms with Crippen LogP contribution in [0, 0.1) is 0 Å². The van der Waals surface area contributed by atoms with Crippen LogP contribution in [0.1, 0.15) is 11.1 Å². The minimum absolute atomic E-state index is 0.0996. The maximum absolute atomic E-state index is 11.5. The first-order valence-corrected chi connectivity index (χ1v) is 4.71. The molecule has 0 aromatic heterocycles. The second-order valence-electron chi connectivity index (χ2n) is 3.41. The minimum atomic E-state index is -1.13. The molecule has 0 saturated carbocycles. The molecule has 1 N–H and O–H groups in total. The van der Waals surface area contributed by atoms with Crippen LogP contribution in [0.3, 0.4) is 0 Å². The van der Waals surface area contributed by atoms with Crippen molar-refractivity contribution in [2.75, 3.05) is 14.2 Å². The van der Waals surface area contributed by atoms with Crippen LogP contribution in [-0.2, 0) is 26.6 Å². The van der Waals surface area contributed by atoms with Crippen LogP contribution in [0.2, 0.25) is 0 Å². The van der Waals surface area contributed by atoms with Crippen molar-refractivity contribution >= 4 is 5.91 Å². The van der Waals surface area contributed by atoms with Crippen LogP contribution in [0.15, 0.2) is 24.3 Å². The normalized spacial score (nSPS) is 18.1. The maximum atomic E-state index is 11.5. The lowest BCUT2D eigenvalue weighted by atomic mass is 9.97. The second kappa shape index (κ2) is 3.64. The van der Waals surface area contributed by atoms with Crippen molar-refractivity contribution in [3.05, 3.63) is 35.4 Å². The summed E-state index contributed by atoms with van der Waals surface area (Å²) in [7, 11) is 3.01. The van der Waals surface area contributed by atoms with Crippen LogP contribution in [0.5, 0.6) is 0 Å². The van der Waals surface area contributed by atoms with Gasteiger partial charge in [-0.1, -0.05) is 24.3 Å². The summed E-state index contributed by atoms with van der Waals surface area (Å²) in [5.41, 5.74) is 1.79. The zero-order valence-electron chi connectivity index (χ0n) is 8.74. The molecule has 0 aliphatic carbocycles. The predicted molar refractivity (Wildman–Crippen MR) is 54.0 cm³/mol. The van der Waals surface area contributed by atoms with E-state index in [2.05, 4.69) is 5.32 Å². The Hall–Kier alpha value is -1.39. The fourth-order valence-electron chi connectivity index (χ4n) is 1.87. The first kappa shape index (κ1) is 10.1. The molecule has 2 rings (SSSR count). The van der Waals surface area contributed by atoms with Gasteiger partial charge in [0.1, 0.15) is 0 Å². The van der Waals surface area contributed by atoms with E-state index in [0.29, 0.717) is 6.42 Å². The lowest BCUT2D eigenvalue weighted by molar-refractivity contribution is -0.239. The summed E-state index contributed by atoms with van der Waals surface area (Å²) >= 11 is 0. The molecule has 0 atom stereocenters. The predicted octanol–water partition coefficient (Wildman–Crippen LogP) is 0.762. The number of hydrogen-bond acceptors (Lipinski definition) is 3. The smallest absolute Gasteiger partial charge is 0.279 e. The van der Waals surface area contributed by atoms with E-state index in [9.17, 15) is 4.79 Å². The summed E-state index contributed by atoms with van der Waals surface area (Å²) in [6.07, 6.45) is 0.366. The Kier molecular flexibility index (Phi) is 2.46. The molecular formula is C11H13NO3. The Bertz CT molecular complexity index is 385. The Morgan fingerprint density at radius 3 is 2.60 bits per heavy atom. The number of carbonyl (C=O) groups excluding carboxylic acids is 1. The van der Waals surface area contributed by atoms with Crippen LogP contribution in [-0.4, -0.2) is 20.1 Å². The second-order valence-corrected chi connectivity index (χ2v) is 3.41. The lowest BCUT2D eigenvalue weighted by Crippen LogP contribution is -2.53. The van der Waals surface area contributed by atoms with Gasteiger partial charge in [-0.25, -0.2) is 0 Å². The number of amides is 1. The van der Waals surface area contributed by atoms with Crippen molar-refractivity contribution in [3.8, 4) is 0 Å². The highest BCUT2D eigenvalue weighted by Crippen LogP contribution is 2.30. The fourth-order valence-corrected chi connectivity index (χ4v) is 1.87. The van der Waals surface area contributed by atoms with Gasteiger partial charge in [-0.15, -0.1) is 0 Å². The first-order valence-electron chi connectivity index (χ1n) is 4.71. The summed E-state index contributed by atoms with van der Waals surface area (Å²) in [5.74, 6) is -1.23. The summed E-state index contributed by atoms with van der Waals surface area (Å²) in [6, 6.07) is 7.58. The number of nitrogens with one attached hydrogen (secondary N) is 1. The zero-order valence-corrected chi connectivity index (χ0v) is 8.74. The molecule has 15 heavy (non-hydrogen) atoms. The molecule has 80 valence electrons. The molecule has 1 amide bonds. The van der Waals surface area contributed by atoms with Gasteiger partial charge in [0.15, 0.2) is 0 Å². The first-order chi connectivity index (χ1) is 7.22. The molecule has 1 aromatic carbocycles. The highest BCUT2D eigenvalue weighted by atomic mass is 16.7. The lowest BCUT2D eigenvalue weighted by Gasteiger charge is -2.36. The Balaban J connectivity index is 2.55. The van der Waals surface area contributed by atoms with E-state index in [4.69, 9.17) is 9.47 Å². The SMILES string of the molecule is COC1(OC)NC(=O)Cc2ccccc21. The van der Waals surface area contributed by atoms with E-state index in [0.717, 1.165) is 11.1 Å². The maximum Gasteiger partial charge on any atom is 0.279 e. The van der Waals surface area contributed by atoms with Crippen molar-refractivity contribution in [1.29, 1.82) is 0 Å². The Morgan fingerprint density at radius 1 is 1.27 bits per heavy atom. The number of methoxy groups -OCH3 is 2. The molecule has 0 spiro atoms. The molecule has 1 aliphatic heterocycles. The number of hydrogen-bond donors (Lipinski definition) is 1. The van der Waals surface area contributed by atoms with Crippen molar-refractivity contribution in [1.82, 2.24) is 5.32 Å². The summed E-state index contributed by atoms with van der Waals surface area (Å²) < 4.78 is 10.5. The van der Waals surface area contributed by atoms with Gasteiger partial charge in [-0.2, -0.15) is 0 Å². The molecule has 0 bridgehead atoms. The van der Waals surface area contributed by atoms with E-state index in [1.165, 1.54) is 14.2 Å². The van der Waals surface area contributed by atoms with Gasteiger partial charge in [-0.3, -0.25) is 4.79 Å². The molecule has 0 radical (unpaired) electrons. The summed E-state index contributed by atoms with van der Waals surface area (Å²) in [4.78, 5) is 11.5. The highest BCUT2D eigenvalue weighted by Gasteiger charge is 2.39. The topological polar surface area (TPSA) is 47.6 Å². The van der Waals surface area contributed by atoms with E-state index < -0.39 is 5.91 Å². The van der Waals surface area contributed by atoms with Gasteiger partial charge < -0.3 is 14.8 Å². The van der Waals surface area contributed by atoms with Crippen molar-refractivity contribution < 1.29 is 14.3 Å². The summed E-state index contributed by atoms with van der Waals surface area (Å²) in [6.45, 7) is 0. The van der Waals surface area contributed by atoms with Gasteiger partial charge in [-0.05, 0) is 5.56 Å². The van der Waals surface area contributed by atoms with Gasteiger partial charge >= 0.3 is 0 Å². The summed E-state index contributed by atoms with van der Waals surface area (Å²) in [5, 5.41) is 2.70. The highest BCUT2D eigenvalue weighted by molar-refractivity contribution is 5.81. The van der Waals surface area contributed by atoms with Crippen LogP contribution >= 0.6 is 0 Å². The number of carbonyl (C=O) groups is 1. The number of ether oxygens (including phenoxy) is 2. The standard InChI is InChI=1S/C11H13NO3/c1-14-11(15-2)9-6-4-3-5-8(9)7-10(13)12-11/h3-6H,7H2,1-2H3,(H,12,13). The third-order valence-corrected chi connectivity index (χ3v) is 2.60. The van der Waals surface area contributed by atoms with Crippen LogP contribution < -0.4 is 5.32 Å². The molecule has 0 saturated heterocycles. The largest absolute Gasteiger partial charge is 0.332 e. The molecular weight excluding hydrogens is 194 g/mol. The Morgan fingerprint density at radius 2 is 1.93 bits per heavy atom.